The molecule has 90 valence electrons. The fraction of sp³-hybridized carbons (Fsp3) is 0.0769. The molecule has 3 aromatic rings. The van der Waals surface area contributed by atoms with Crippen LogP contribution in [0.3, 0.4) is 0 Å². The second-order valence-corrected chi connectivity index (χ2v) is 3.89. The van der Waals surface area contributed by atoms with E-state index in [1.165, 1.54) is 6.33 Å². The standard InChI is InChI=1S/C13H11N3O2/c1-18-9-4-2-3-8(5-9)10-6-14-12-11(10)13(17)16-7-15-12/h2-7H,1H3,(H2,14,15,16,17). The van der Waals surface area contributed by atoms with E-state index in [2.05, 4.69) is 15.0 Å². The van der Waals surface area contributed by atoms with Crippen LogP contribution in [0.4, 0.5) is 0 Å². The lowest BCUT2D eigenvalue weighted by Crippen LogP contribution is -2.05. The van der Waals surface area contributed by atoms with Crippen LogP contribution in [0.25, 0.3) is 22.2 Å². The van der Waals surface area contributed by atoms with Crippen molar-refractivity contribution in [2.75, 3.05) is 7.11 Å². The van der Waals surface area contributed by atoms with Crippen molar-refractivity contribution in [3.05, 3.63) is 47.1 Å². The van der Waals surface area contributed by atoms with E-state index in [1.807, 2.05) is 24.3 Å². The number of ether oxygens (including phenoxy) is 1. The van der Waals surface area contributed by atoms with Gasteiger partial charge in [0.15, 0.2) is 0 Å². The molecular weight excluding hydrogens is 230 g/mol. The maximum Gasteiger partial charge on any atom is 0.260 e. The third-order valence-corrected chi connectivity index (χ3v) is 2.86. The summed E-state index contributed by atoms with van der Waals surface area (Å²) >= 11 is 0. The first kappa shape index (κ1) is 10.6. The van der Waals surface area contributed by atoms with E-state index in [0.717, 1.165) is 16.9 Å². The van der Waals surface area contributed by atoms with Gasteiger partial charge in [-0.25, -0.2) is 4.98 Å². The number of H-pyrrole nitrogens is 2. The lowest BCUT2D eigenvalue weighted by Gasteiger charge is -2.02. The zero-order valence-corrected chi connectivity index (χ0v) is 9.73. The number of aromatic amines is 2. The highest BCUT2D eigenvalue weighted by Gasteiger charge is 2.10. The summed E-state index contributed by atoms with van der Waals surface area (Å²) in [4.78, 5) is 21.5. The minimum atomic E-state index is -0.154. The van der Waals surface area contributed by atoms with Crippen LogP contribution < -0.4 is 10.3 Å². The molecule has 0 spiro atoms. The van der Waals surface area contributed by atoms with Crippen molar-refractivity contribution in [1.82, 2.24) is 15.0 Å². The number of nitrogens with one attached hydrogen (secondary N) is 2. The Hall–Kier alpha value is -2.56. The van der Waals surface area contributed by atoms with Gasteiger partial charge in [0.2, 0.25) is 0 Å². The van der Waals surface area contributed by atoms with Gasteiger partial charge < -0.3 is 14.7 Å². The molecule has 3 rings (SSSR count). The molecule has 0 fully saturated rings. The summed E-state index contributed by atoms with van der Waals surface area (Å²) < 4.78 is 5.18. The van der Waals surface area contributed by atoms with E-state index >= 15 is 0 Å². The molecule has 0 aliphatic carbocycles. The second kappa shape index (κ2) is 4.03. The van der Waals surface area contributed by atoms with Crippen molar-refractivity contribution in [2.45, 2.75) is 0 Å². The van der Waals surface area contributed by atoms with Gasteiger partial charge >= 0.3 is 0 Å². The average molecular weight is 241 g/mol. The summed E-state index contributed by atoms with van der Waals surface area (Å²) in [5.41, 5.74) is 2.16. The van der Waals surface area contributed by atoms with Crippen molar-refractivity contribution in [1.29, 1.82) is 0 Å². The summed E-state index contributed by atoms with van der Waals surface area (Å²) in [6, 6.07) is 7.56. The van der Waals surface area contributed by atoms with Crippen LogP contribution >= 0.6 is 0 Å². The maximum absolute atomic E-state index is 11.8. The minimum Gasteiger partial charge on any atom is -0.497 e. The Morgan fingerprint density at radius 1 is 1.28 bits per heavy atom. The van der Waals surface area contributed by atoms with Crippen LogP contribution in [0, 0.1) is 0 Å². The molecular formula is C13H11N3O2. The molecule has 1 aromatic carbocycles. The average Bonchev–Trinajstić information content (AvgIpc) is 2.84. The van der Waals surface area contributed by atoms with E-state index < -0.39 is 0 Å². The molecule has 0 unspecified atom stereocenters. The third-order valence-electron chi connectivity index (χ3n) is 2.86. The quantitative estimate of drug-likeness (QED) is 0.720. The molecule has 0 bridgehead atoms. The Bertz CT molecular complexity index is 758. The highest BCUT2D eigenvalue weighted by molar-refractivity contribution is 5.92. The first-order chi connectivity index (χ1) is 8.79. The largest absolute Gasteiger partial charge is 0.497 e. The molecule has 2 N–H and O–H groups in total. The Kier molecular flexibility index (Phi) is 2.37. The van der Waals surface area contributed by atoms with Crippen LogP contribution in [-0.4, -0.2) is 22.1 Å². The highest BCUT2D eigenvalue weighted by atomic mass is 16.5. The van der Waals surface area contributed by atoms with Crippen molar-refractivity contribution >= 4 is 11.0 Å². The molecule has 0 aliphatic rings. The van der Waals surface area contributed by atoms with E-state index in [9.17, 15) is 4.79 Å². The summed E-state index contributed by atoms with van der Waals surface area (Å²) in [6.45, 7) is 0. The number of rotatable bonds is 2. The van der Waals surface area contributed by atoms with Gasteiger partial charge in [-0.3, -0.25) is 4.79 Å². The summed E-state index contributed by atoms with van der Waals surface area (Å²) in [5, 5.41) is 0.561. The zero-order chi connectivity index (χ0) is 12.5. The molecule has 0 atom stereocenters. The summed E-state index contributed by atoms with van der Waals surface area (Å²) in [7, 11) is 1.61. The van der Waals surface area contributed by atoms with Crippen LogP contribution in [-0.2, 0) is 0 Å². The summed E-state index contributed by atoms with van der Waals surface area (Å²) in [6.07, 6.45) is 3.16. The van der Waals surface area contributed by atoms with Gasteiger partial charge in [-0.05, 0) is 17.7 Å². The van der Waals surface area contributed by atoms with Gasteiger partial charge in [0.1, 0.15) is 11.4 Å². The monoisotopic (exact) mass is 241 g/mol. The van der Waals surface area contributed by atoms with E-state index in [4.69, 9.17) is 4.74 Å². The number of fused-ring (bicyclic) bond motifs is 1. The third kappa shape index (κ3) is 1.57. The van der Waals surface area contributed by atoms with Crippen LogP contribution in [0.15, 0.2) is 41.6 Å². The van der Waals surface area contributed by atoms with Crippen molar-refractivity contribution in [3.8, 4) is 16.9 Å². The number of aromatic nitrogens is 3. The van der Waals surface area contributed by atoms with Crippen LogP contribution in [0.2, 0.25) is 0 Å². The van der Waals surface area contributed by atoms with Gasteiger partial charge in [0, 0.05) is 11.8 Å². The topological polar surface area (TPSA) is 70.8 Å². The minimum absolute atomic E-state index is 0.154. The molecule has 0 saturated heterocycles. The Morgan fingerprint density at radius 2 is 2.17 bits per heavy atom. The molecule has 0 saturated carbocycles. The smallest absolute Gasteiger partial charge is 0.260 e. The van der Waals surface area contributed by atoms with E-state index in [1.54, 1.807) is 13.3 Å². The summed E-state index contributed by atoms with van der Waals surface area (Å²) in [5.74, 6) is 0.752. The van der Waals surface area contributed by atoms with Gasteiger partial charge in [-0.1, -0.05) is 12.1 Å². The second-order valence-electron chi connectivity index (χ2n) is 3.89. The maximum atomic E-state index is 11.8. The zero-order valence-electron chi connectivity index (χ0n) is 9.73. The fourth-order valence-electron chi connectivity index (χ4n) is 1.99. The normalized spacial score (nSPS) is 10.7. The number of hydrogen-bond donors (Lipinski definition) is 2. The number of hydrogen-bond acceptors (Lipinski definition) is 3. The molecule has 0 aliphatic heterocycles. The van der Waals surface area contributed by atoms with Crippen LogP contribution in [0.5, 0.6) is 5.75 Å². The van der Waals surface area contributed by atoms with Crippen LogP contribution in [0.1, 0.15) is 0 Å². The first-order valence-corrected chi connectivity index (χ1v) is 5.49. The number of nitrogens with zero attached hydrogens (tertiary/aromatic N) is 1. The van der Waals surface area contributed by atoms with Gasteiger partial charge in [0.05, 0.1) is 18.8 Å². The van der Waals surface area contributed by atoms with Crippen molar-refractivity contribution in [3.63, 3.8) is 0 Å². The molecule has 0 radical (unpaired) electrons. The Balaban J connectivity index is 2.28. The lowest BCUT2D eigenvalue weighted by atomic mass is 10.1. The SMILES string of the molecule is COc1cccc(-c2c[nH]c3nc[nH]c(=O)c23)c1. The number of methoxy groups -OCH3 is 1. The molecule has 5 nitrogen and oxygen atoms in total. The number of benzene rings is 1. The fourth-order valence-corrected chi connectivity index (χ4v) is 1.99. The molecule has 5 heteroatoms. The van der Waals surface area contributed by atoms with E-state index in [0.29, 0.717) is 11.0 Å². The van der Waals surface area contributed by atoms with Gasteiger partial charge in [-0.15, -0.1) is 0 Å². The Morgan fingerprint density at radius 3 is 3.00 bits per heavy atom. The molecule has 18 heavy (non-hydrogen) atoms. The van der Waals surface area contributed by atoms with Crippen molar-refractivity contribution in [2.24, 2.45) is 0 Å². The molecule has 2 heterocycles. The van der Waals surface area contributed by atoms with Gasteiger partial charge in [0.25, 0.3) is 5.56 Å². The lowest BCUT2D eigenvalue weighted by molar-refractivity contribution is 0.415. The predicted molar refractivity (Wildman–Crippen MR) is 68.7 cm³/mol. The van der Waals surface area contributed by atoms with Crippen molar-refractivity contribution < 1.29 is 4.74 Å². The predicted octanol–water partition coefficient (Wildman–Crippen LogP) is 1.93. The molecule has 0 amide bonds. The Labute approximate surface area is 102 Å². The first-order valence-electron chi connectivity index (χ1n) is 5.49. The van der Waals surface area contributed by atoms with Gasteiger partial charge in [-0.2, -0.15) is 0 Å². The van der Waals surface area contributed by atoms with E-state index in [-0.39, 0.29) is 5.56 Å². The molecule has 2 aromatic heterocycles. The highest BCUT2D eigenvalue weighted by Crippen LogP contribution is 2.27.